The second-order valence-electron chi connectivity index (χ2n) is 7.46. The van der Waals surface area contributed by atoms with E-state index in [1.54, 1.807) is 0 Å². The molecule has 4 nitrogen and oxygen atoms in total. The molecule has 1 amide bonds. The molecular formula is C19H30N2O2. The maximum atomic E-state index is 12.3. The van der Waals surface area contributed by atoms with E-state index in [-0.39, 0.29) is 18.2 Å². The van der Waals surface area contributed by atoms with Gasteiger partial charge in [0.25, 0.3) is 0 Å². The van der Waals surface area contributed by atoms with Gasteiger partial charge in [0, 0.05) is 25.2 Å². The van der Waals surface area contributed by atoms with Crippen molar-refractivity contribution < 1.29 is 9.53 Å². The largest absolute Gasteiger partial charge is 0.444 e. The monoisotopic (exact) mass is 318 g/mol. The molecule has 2 unspecified atom stereocenters. The van der Waals surface area contributed by atoms with E-state index in [0.717, 1.165) is 25.9 Å². The Hall–Kier alpha value is -1.55. The number of benzene rings is 1. The Labute approximate surface area is 140 Å². The summed E-state index contributed by atoms with van der Waals surface area (Å²) < 4.78 is 5.52. The molecule has 2 rings (SSSR count). The molecule has 4 heteroatoms. The number of carbonyl (C=O) groups is 1. The van der Waals surface area contributed by atoms with Crippen LogP contribution >= 0.6 is 0 Å². The summed E-state index contributed by atoms with van der Waals surface area (Å²) in [5, 5.41) is 3.58. The summed E-state index contributed by atoms with van der Waals surface area (Å²) in [5.74, 6) is 0. The minimum absolute atomic E-state index is 0.189. The molecular weight excluding hydrogens is 288 g/mol. The second kappa shape index (κ2) is 7.35. The topological polar surface area (TPSA) is 41.6 Å². The highest BCUT2D eigenvalue weighted by Gasteiger charge is 2.32. The Morgan fingerprint density at radius 3 is 2.74 bits per heavy atom. The van der Waals surface area contributed by atoms with Crippen LogP contribution in [0.4, 0.5) is 4.79 Å². The molecule has 0 bridgehead atoms. The number of ether oxygens (including phenoxy) is 1. The Morgan fingerprint density at radius 2 is 2.09 bits per heavy atom. The minimum Gasteiger partial charge on any atom is -0.444 e. The molecule has 1 N–H and O–H groups in total. The van der Waals surface area contributed by atoms with Gasteiger partial charge in [-0.2, -0.15) is 0 Å². The van der Waals surface area contributed by atoms with Crippen LogP contribution < -0.4 is 5.32 Å². The van der Waals surface area contributed by atoms with Gasteiger partial charge in [0.05, 0.1) is 0 Å². The number of hydrogen-bond donors (Lipinski definition) is 1. The van der Waals surface area contributed by atoms with Gasteiger partial charge in [-0.05, 0) is 58.6 Å². The van der Waals surface area contributed by atoms with Crippen LogP contribution in [0.2, 0.25) is 0 Å². The number of carbonyl (C=O) groups excluding carboxylic acids is 1. The maximum Gasteiger partial charge on any atom is 0.410 e. The van der Waals surface area contributed by atoms with Gasteiger partial charge in [-0.25, -0.2) is 4.79 Å². The molecule has 1 fully saturated rings. The summed E-state index contributed by atoms with van der Waals surface area (Å²) >= 11 is 0. The molecule has 1 saturated heterocycles. The number of nitrogens with one attached hydrogen (secondary N) is 1. The normalized spacial score (nSPS) is 19.7. The quantitative estimate of drug-likeness (QED) is 0.911. The van der Waals surface area contributed by atoms with Gasteiger partial charge in [-0.3, -0.25) is 0 Å². The molecule has 0 radical (unpaired) electrons. The van der Waals surface area contributed by atoms with Crippen LogP contribution in [0.15, 0.2) is 24.3 Å². The zero-order chi connectivity index (χ0) is 17.0. The molecule has 0 saturated carbocycles. The van der Waals surface area contributed by atoms with E-state index in [1.807, 2.05) is 25.7 Å². The van der Waals surface area contributed by atoms with Crippen molar-refractivity contribution >= 4 is 6.09 Å². The first kappa shape index (κ1) is 17.8. The number of nitrogens with zero attached hydrogens (tertiary/aromatic N) is 1. The number of amides is 1. The summed E-state index contributed by atoms with van der Waals surface area (Å²) in [6, 6.07) is 8.92. The van der Waals surface area contributed by atoms with Crippen LogP contribution in [-0.2, 0) is 4.74 Å². The highest BCUT2D eigenvalue weighted by atomic mass is 16.6. The fourth-order valence-electron chi connectivity index (χ4n) is 3.10. The van der Waals surface area contributed by atoms with E-state index in [2.05, 4.69) is 43.4 Å². The lowest BCUT2D eigenvalue weighted by atomic mass is 10.0. The molecule has 2 atom stereocenters. The van der Waals surface area contributed by atoms with E-state index >= 15 is 0 Å². The van der Waals surface area contributed by atoms with Crippen molar-refractivity contribution in [1.29, 1.82) is 0 Å². The average molecular weight is 318 g/mol. The van der Waals surface area contributed by atoms with E-state index in [0.29, 0.717) is 0 Å². The summed E-state index contributed by atoms with van der Waals surface area (Å²) in [6.07, 6.45) is 1.89. The predicted octanol–water partition coefficient (Wildman–Crippen LogP) is 4.05. The smallest absolute Gasteiger partial charge is 0.410 e. The molecule has 23 heavy (non-hydrogen) atoms. The van der Waals surface area contributed by atoms with Gasteiger partial charge in [-0.15, -0.1) is 0 Å². The lowest BCUT2D eigenvalue weighted by Gasteiger charge is -2.29. The van der Waals surface area contributed by atoms with Gasteiger partial charge in [0.15, 0.2) is 0 Å². The van der Waals surface area contributed by atoms with Crippen molar-refractivity contribution in [3.05, 3.63) is 35.4 Å². The number of hydrogen-bond acceptors (Lipinski definition) is 3. The second-order valence-corrected chi connectivity index (χ2v) is 7.46. The van der Waals surface area contributed by atoms with Crippen LogP contribution in [-0.4, -0.2) is 35.7 Å². The molecule has 0 spiro atoms. The Balaban J connectivity index is 1.92. The fourth-order valence-corrected chi connectivity index (χ4v) is 3.10. The van der Waals surface area contributed by atoms with E-state index in [4.69, 9.17) is 4.74 Å². The van der Waals surface area contributed by atoms with Crippen molar-refractivity contribution in [2.75, 3.05) is 13.1 Å². The summed E-state index contributed by atoms with van der Waals surface area (Å²) in [6.45, 7) is 11.6. The Kier molecular flexibility index (Phi) is 5.69. The molecule has 1 aliphatic heterocycles. The van der Waals surface area contributed by atoms with E-state index < -0.39 is 5.60 Å². The first-order valence-electron chi connectivity index (χ1n) is 8.56. The van der Waals surface area contributed by atoms with Crippen molar-refractivity contribution in [2.45, 2.75) is 65.1 Å². The summed E-state index contributed by atoms with van der Waals surface area (Å²) in [4.78, 5) is 14.2. The third-order valence-electron chi connectivity index (χ3n) is 4.32. The fraction of sp³-hybridized carbons (Fsp3) is 0.632. The van der Waals surface area contributed by atoms with Crippen molar-refractivity contribution in [3.63, 3.8) is 0 Å². The zero-order valence-electron chi connectivity index (χ0n) is 15.1. The van der Waals surface area contributed by atoms with Crippen molar-refractivity contribution in [3.8, 4) is 0 Å². The van der Waals surface area contributed by atoms with E-state index in [1.165, 1.54) is 11.1 Å². The van der Waals surface area contributed by atoms with Crippen LogP contribution in [0.5, 0.6) is 0 Å². The molecule has 1 heterocycles. The van der Waals surface area contributed by atoms with Gasteiger partial charge in [0.2, 0.25) is 0 Å². The van der Waals surface area contributed by atoms with Crippen molar-refractivity contribution in [1.82, 2.24) is 10.2 Å². The lowest BCUT2D eigenvalue weighted by molar-refractivity contribution is 0.0225. The van der Waals surface area contributed by atoms with Gasteiger partial charge in [-0.1, -0.05) is 24.3 Å². The molecule has 1 aliphatic rings. The van der Waals surface area contributed by atoms with Gasteiger partial charge >= 0.3 is 6.09 Å². The van der Waals surface area contributed by atoms with Crippen molar-refractivity contribution in [2.24, 2.45) is 0 Å². The summed E-state index contributed by atoms with van der Waals surface area (Å²) in [5.41, 5.74) is 2.17. The minimum atomic E-state index is -0.438. The molecule has 0 aliphatic carbocycles. The predicted molar refractivity (Wildman–Crippen MR) is 93.6 cm³/mol. The maximum absolute atomic E-state index is 12.3. The van der Waals surface area contributed by atoms with E-state index in [9.17, 15) is 4.79 Å². The van der Waals surface area contributed by atoms with Crippen LogP contribution in [0.1, 0.15) is 57.7 Å². The highest BCUT2D eigenvalue weighted by Crippen LogP contribution is 2.22. The first-order chi connectivity index (χ1) is 10.8. The molecule has 0 aromatic heterocycles. The van der Waals surface area contributed by atoms with Gasteiger partial charge < -0.3 is 15.0 Å². The third kappa shape index (κ3) is 4.96. The standard InChI is InChI=1S/C19H30N2O2/c1-14-9-6-7-11-17(14)15(2)20-13-16-10-8-12-21(16)18(22)23-19(3,4)5/h6-7,9,11,15-16,20H,8,10,12-13H2,1-5H3. The number of aryl methyl sites for hydroxylation is 1. The van der Waals surface area contributed by atoms with Crippen LogP contribution in [0.25, 0.3) is 0 Å². The highest BCUT2D eigenvalue weighted by molar-refractivity contribution is 5.69. The Bertz CT molecular complexity index is 536. The summed E-state index contributed by atoms with van der Waals surface area (Å²) in [7, 11) is 0. The van der Waals surface area contributed by atoms with Crippen LogP contribution in [0, 0.1) is 6.92 Å². The number of likely N-dealkylation sites (tertiary alicyclic amines) is 1. The first-order valence-corrected chi connectivity index (χ1v) is 8.56. The molecule has 1 aromatic rings. The molecule has 128 valence electrons. The average Bonchev–Trinajstić information content (AvgIpc) is 2.92. The third-order valence-corrected chi connectivity index (χ3v) is 4.32. The SMILES string of the molecule is Cc1ccccc1C(C)NCC1CCCN1C(=O)OC(C)(C)C. The van der Waals surface area contributed by atoms with Gasteiger partial charge in [0.1, 0.15) is 5.60 Å². The van der Waals surface area contributed by atoms with Crippen LogP contribution in [0.3, 0.4) is 0 Å². The number of rotatable bonds is 4. The Morgan fingerprint density at radius 1 is 1.39 bits per heavy atom. The lowest BCUT2D eigenvalue weighted by Crippen LogP contribution is -2.44. The molecule has 1 aromatic carbocycles. The zero-order valence-corrected chi connectivity index (χ0v) is 15.1.